The number of aryl methyl sites for hydroxylation is 1. The third kappa shape index (κ3) is 2.44. The smallest absolute Gasteiger partial charge is 0.325 e. The van der Waals surface area contributed by atoms with E-state index in [0.29, 0.717) is 10.6 Å². The number of carboxylic acids is 1. The molecule has 1 rings (SSSR count). The number of rotatable bonds is 2. The lowest BCUT2D eigenvalue weighted by molar-refractivity contribution is -0.138. The number of hydrogen-bond donors (Lipinski definition) is 2. The molecule has 3 nitrogen and oxygen atoms in total. The fourth-order valence-electron chi connectivity index (χ4n) is 1.09. The highest BCUT2D eigenvalue weighted by Gasteiger charge is 2.14. The summed E-state index contributed by atoms with van der Waals surface area (Å²) in [6.07, 6.45) is 0. The first-order valence-electron chi connectivity index (χ1n) is 3.76. The van der Waals surface area contributed by atoms with E-state index in [1.165, 1.54) is 0 Å². The molecule has 0 amide bonds. The van der Waals surface area contributed by atoms with E-state index in [0.717, 1.165) is 5.56 Å². The molecule has 0 heterocycles. The van der Waals surface area contributed by atoms with E-state index in [4.69, 9.17) is 22.4 Å². The van der Waals surface area contributed by atoms with Gasteiger partial charge in [-0.25, -0.2) is 0 Å². The van der Waals surface area contributed by atoms with Crippen molar-refractivity contribution in [2.45, 2.75) is 13.0 Å². The number of carbonyl (C=O) groups is 1. The van der Waals surface area contributed by atoms with Crippen molar-refractivity contribution in [3.63, 3.8) is 0 Å². The quantitative estimate of drug-likeness (QED) is 0.763. The van der Waals surface area contributed by atoms with Crippen molar-refractivity contribution >= 4 is 17.6 Å². The minimum absolute atomic E-state index is 0.506. The summed E-state index contributed by atoms with van der Waals surface area (Å²) >= 11 is 5.75. The zero-order valence-corrected chi connectivity index (χ0v) is 7.88. The summed E-state index contributed by atoms with van der Waals surface area (Å²) in [5.41, 5.74) is 6.84. The molecule has 0 aliphatic rings. The predicted octanol–water partition coefficient (Wildman–Crippen LogP) is 1.73. The van der Waals surface area contributed by atoms with E-state index in [9.17, 15) is 4.79 Å². The lowest BCUT2D eigenvalue weighted by Crippen LogP contribution is -2.20. The molecule has 70 valence electrons. The molecule has 0 saturated carbocycles. The topological polar surface area (TPSA) is 63.3 Å². The molecule has 1 aromatic rings. The Hall–Kier alpha value is -1.06. The van der Waals surface area contributed by atoms with Crippen LogP contribution in [0.5, 0.6) is 0 Å². The second kappa shape index (κ2) is 3.77. The number of benzene rings is 1. The Morgan fingerprint density at radius 2 is 2.15 bits per heavy atom. The summed E-state index contributed by atoms with van der Waals surface area (Å²) in [5.74, 6) is -1.05. The van der Waals surface area contributed by atoms with Crippen LogP contribution in [-0.4, -0.2) is 11.1 Å². The summed E-state index contributed by atoms with van der Waals surface area (Å²) in [7, 11) is 0. The van der Waals surface area contributed by atoms with Crippen LogP contribution < -0.4 is 5.73 Å². The van der Waals surface area contributed by atoms with Gasteiger partial charge in [0, 0.05) is 5.02 Å². The van der Waals surface area contributed by atoms with E-state index >= 15 is 0 Å². The SMILES string of the molecule is Cc1cc(Cl)cc([C@H](N)C(=O)O)c1. The van der Waals surface area contributed by atoms with Crippen LogP contribution in [-0.2, 0) is 4.79 Å². The third-order valence-electron chi connectivity index (χ3n) is 1.69. The summed E-state index contributed by atoms with van der Waals surface area (Å²) in [5, 5.41) is 9.16. The summed E-state index contributed by atoms with van der Waals surface area (Å²) in [6.45, 7) is 1.84. The number of nitrogens with two attached hydrogens (primary N) is 1. The monoisotopic (exact) mass is 199 g/mol. The maximum atomic E-state index is 10.6. The van der Waals surface area contributed by atoms with E-state index in [1.54, 1.807) is 18.2 Å². The van der Waals surface area contributed by atoms with Crippen LogP contribution in [0.4, 0.5) is 0 Å². The predicted molar refractivity (Wildman–Crippen MR) is 50.8 cm³/mol. The van der Waals surface area contributed by atoms with Crippen molar-refractivity contribution in [2.75, 3.05) is 0 Å². The number of aliphatic carboxylic acids is 1. The minimum Gasteiger partial charge on any atom is -0.480 e. The van der Waals surface area contributed by atoms with Gasteiger partial charge in [-0.15, -0.1) is 0 Å². The molecule has 1 aromatic carbocycles. The van der Waals surface area contributed by atoms with Crippen molar-refractivity contribution < 1.29 is 9.90 Å². The Kier molecular flexibility index (Phi) is 2.90. The number of halogens is 1. The maximum Gasteiger partial charge on any atom is 0.325 e. The Balaban J connectivity index is 3.07. The Morgan fingerprint density at radius 1 is 1.54 bits per heavy atom. The van der Waals surface area contributed by atoms with Crippen molar-refractivity contribution in [3.8, 4) is 0 Å². The molecule has 4 heteroatoms. The molecule has 0 fully saturated rings. The van der Waals surface area contributed by atoms with E-state index in [2.05, 4.69) is 0 Å². The Labute approximate surface area is 81.1 Å². The Morgan fingerprint density at radius 3 is 2.62 bits per heavy atom. The molecular formula is C9H10ClNO2. The van der Waals surface area contributed by atoms with Crippen LogP contribution in [0.2, 0.25) is 5.02 Å². The molecule has 1 atom stereocenters. The summed E-state index contributed by atoms with van der Waals surface area (Å²) in [6, 6.07) is 4.02. The van der Waals surface area contributed by atoms with Crippen LogP contribution in [0.1, 0.15) is 17.2 Å². The van der Waals surface area contributed by atoms with Gasteiger partial charge in [0.05, 0.1) is 0 Å². The van der Waals surface area contributed by atoms with Crippen LogP contribution in [0.3, 0.4) is 0 Å². The molecule has 3 N–H and O–H groups in total. The highest BCUT2D eigenvalue weighted by Crippen LogP contribution is 2.18. The Bertz CT molecular complexity index is 318. The molecule has 0 aromatic heterocycles. The number of carboxylic acid groups (broad SMARTS) is 1. The maximum absolute atomic E-state index is 10.6. The van der Waals surface area contributed by atoms with Crippen molar-refractivity contribution in [3.05, 3.63) is 34.3 Å². The van der Waals surface area contributed by atoms with Gasteiger partial charge < -0.3 is 10.8 Å². The second-order valence-electron chi connectivity index (χ2n) is 2.88. The summed E-state index contributed by atoms with van der Waals surface area (Å²) < 4.78 is 0. The fraction of sp³-hybridized carbons (Fsp3) is 0.222. The van der Waals surface area contributed by atoms with E-state index < -0.39 is 12.0 Å². The normalized spacial score (nSPS) is 12.5. The van der Waals surface area contributed by atoms with Crippen LogP contribution in [0, 0.1) is 6.92 Å². The van der Waals surface area contributed by atoms with Gasteiger partial charge in [-0.1, -0.05) is 17.7 Å². The van der Waals surface area contributed by atoms with Crippen molar-refractivity contribution in [1.29, 1.82) is 0 Å². The fourth-order valence-corrected chi connectivity index (χ4v) is 1.38. The van der Waals surface area contributed by atoms with Crippen LogP contribution in [0.15, 0.2) is 18.2 Å². The first-order chi connectivity index (χ1) is 6.00. The molecule has 0 aliphatic heterocycles. The standard InChI is InChI=1S/C9H10ClNO2/c1-5-2-6(4-7(10)3-5)8(11)9(12)13/h2-4,8H,11H2,1H3,(H,12,13)/t8-/m0/s1. The lowest BCUT2D eigenvalue weighted by Gasteiger charge is -2.07. The van der Waals surface area contributed by atoms with Crippen LogP contribution in [0.25, 0.3) is 0 Å². The van der Waals surface area contributed by atoms with Gasteiger partial charge >= 0.3 is 5.97 Å². The zero-order chi connectivity index (χ0) is 10.0. The third-order valence-corrected chi connectivity index (χ3v) is 1.91. The van der Waals surface area contributed by atoms with Gasteiger partial charge in [-0.3, -0.25) is 4.79 Å². The minimum atomic E-state index is -1.05. The molecule has 13 heavy (non-hydrogen) atoms. The van der Waals surface area contributed by atoms with E-state index in [1.807, 2.05) is 6.92 Å². The molecule has 0 aliphatic carbocycles. The highest BCUT2D eigenvalue weighted by atomic mass is 35.5. The van der Waals surface area contributed by atoms with Crippen LogP contribution >= 0.6 is 11.6 Å². The van der Waals surface area contributed by atoms with Gasteiger partial charge in [0.2, 0.25) is 0 Å². The molecule has 0 unspecified atom stereocenters. The summed E-state index contributed by atoms with van der Waals surface area (Å²) in [4.78, 5) is 10.6. The van der Waals surface area contributed by atoms with Gasteiger partial charge in [-0.05, 0) is 30.2 Å². The number of hydrogen-bond acceptors (Lipinski definition) is 2. The van der Waals surface area contributed by atoms with Crippen molar-refractivity contribution in [2.24, 2.45) is 5.73 Å². The van der Waals surface area contributed by atoms with Gasteiger partial charge in [0.1, 0.15) is 6.04 Å². The second-order valence-corrected chi connectivity index (χ2v) is 3.31. The highest BCUT2D eigenvalue weighted by molar-refractivity contribution is 6.30. The molecule has 0 spiro atoms. The first kappa shape index (κ1) is 10.0. The molecular weight excluding hydrogens is 190 g/mol. The average molecular weight is 200 g/mol. The average Bonchev–Trinajstić information content (AvgIpc) is 2.01. The molecule has 0 saturated heterocycles. The van der Waals surface area contributed by atoms with Gasteiger partial charge in [0.25, 0.3) is 0 Å². The first-order valence-corrected chi connectivity index (χ1v) is 4.14. The van der Waals surface area contributed by atoms with Gasteiger partial charge in [0.15, 0.2) is 0 Å². The lowest BCUT2D eigenvalue weighted by atomic mass is 10.1. The zero-order valence-electron chi connectivity index (χ0n) is 7.12. The molecule has 0 bridgehead atoms. The largest absolute Gasteiger partial charge is 0.480 e. The van der Waals surface area contributed by atoms with Crippen molar-refractivity contribution in [1.82, 2.24) is 0 Å². The van der Waals surface area contributed by atoms with E-state index in [-0.39, 0.29) is 0 Å². The molecule has 0 radical (unpaired) electrons. The van der Waals surface area contributed by atoms with Gasteiger partial charge in [-0.2, -0.15) is 0 Å².